The van der Waals surface area contributed by atoms with E-state index in [1.54, 1.807) is 43.0 Å². The van der Waals surface area contributed by atoms with Crippen LogP contribution in [0.3, 0.4) is 0 Å². The summed E-state index contributed by atoms with van der Waals surface area (Å²) in [5.74, 6) is 0.487. The van der Waals surface area contributed by atoms with E-state index < -0.39 is 12.1 Å². The highest BCUT2D eigenvalue weighted by Crippen LogP contribution is 2.29. The normalized spacial score (nSPS) is 20.1. The van der Waals surface area contributed by atoms with Gasteiger partial charge in [-0.1, -0.05) is 41.3 Å². The van der Waals surface area contributed by atoms with Gasteiger partial charge in [0.1, 0.15) is 17.1 Å². The highest BCUT2D eigenvalue weighted by molar-refractivity contribution is 6.42. The quantitative estimate of drug-likeness (QED) is 0.225. The highest BCUT2D eigenvalue weighted by atomic mass is 35.5. The SMILES string of the molecule is Cc1noc(C)c1NC(=O)Nc1ccc2c(c1)C(=O)N([C@@H](C)CO)C[C@H](C)[C@@H](CN(C)Cc1ccc(Cl)c(Cl)c1)OCCCC[C@H](C)O2. The second-order valence-corrected chi connectivity index (χ2v) is 13.5. The average Bonchev–Trinajstić information content (AvgIpc) is 3.36. The third-order valence-electron chi connectivity index (χ3n) is 8.51. The molecule has 2 aromatic carbocycles. The molecule has 1 aliphatic heterocycles. The maximum Gasteiger partial charge on any atom is 0.323 e. The minimum atomic E-state index is -0.508. The summed E-state index contributed by atoms with van der Waals surface area (Å²) in [6, 6.07) is 9.63. The van der Waals surface area contributed by atoms with Crippen LogP contribution in [0.25, 0.3) is 0 Å². The maximum absolute atomic E-state index is 14.4. The van der Waals surface area contributed by atoms with Gasteiger partial charge < -0.3 is 34.6 Å². The van der Waals surface area contributed by atoms with E-state index in [-0.39, 0.29) is 36.2 Å². The Labute approximate surface area is 292 Å². The molecule has 13 heteroatoms. The van der Waals surface area contributed by atoms with Gasteiger partial charge in [-0.25, -0.2) is 4.79 Å². The van der Waals surface area contributed by atoms with Crippen LogP contribution in [0.2, 0.25) is 10.0 Å². The number of aliphatic hydroxyl groups excluding tert-OH is 1. The fraction of sp³-hybridized carbons (Fsp3) is 0.514. The van der Waals surface area contributed by atoms with Crippen molar-refractivity contribution in [3.8, 4) is 5.75 Å². The second kappa shape index (κ2) is 17.3. The molecule has 0 bridgehead atoms. The number of carbonyl (C=O) groups is 2. The number of nitrogens with zero attached hydrogens (tertiary/aromatic N) is 3. The number of amides is 3. The van der Waals surface area contributed by atoms with Crippen molar-refractivity contribution in [1.29, 1.82) is 0 Å². The number of likely N-dealkylation sites (N-methyl/N-ethyl adjacent to an activating group) is 1. The monoisotopic (exact) mass is 703 g/mol. The number of aromatic nitrogens is 1. The number of rotatable bonds is 8. The fourth-order valence-electron chi connectivity index (χ4n) is 5.72. The van der Waals surface area contributed by atoms with Crippen molar-refractivity contribution in [2.24, 2.45) is 5.92 Å². The predicted molar refractivity (Wildman–Crippen MR) is 188 cm³/mol. The second-order valence-electron chi connectivity index (χ2n) is 12.7. The van der Waals surface area contributed by atoms with Gasteiger partial charge in [-0.15, -0.1) is 0 Å². The number of halogens is 2. The lowest BCUT2D eigenvalue weighted by atomic mass is 10.0. The van der Waals surface area contributed by atoms with Crippen LogP contribution >= 0.6 is 23.2 Å². The van der Waals surface area contributed by atoms with Crippen molar-refractivity contribution >= 4 is 46.5 Å². The Hall–Kier alpha value is -3.35. The molecule has 48 heavy (non-hydrogen) atoms. The number of urea groups is 1. The number of nitrogens with one attached hydrogen (secondary N) is 2. The standard InChI is InChI=1S/C35H47Cl2N5O6/c1-21-17-42(22(2)20-43)34(44)28-16-27(38-35(45)39-33-24(4)40-48-25(33)5)11-13-31(28)47-23(3)9-7-8-14-46-32(21)19-41(6)18-26-10-12-29(36)30(37)15-26/h10-13,15-16,21-23,32,43H,7-9,14,17-20H2,1-6H3,(H2,38,39,45)/t21-,22-,23-,32+/m0/s1. The van der Waals surface area contributed by atoms with Crippen LogP contribution in [0.5, 0.6) is 5.75 Å². The van der Waals surface area contributed by atoms with E-state index in [4.69, 9.17) is 37.2 Å². The molecule has 11 nitrogen and oxygen atoms in total. The van der Waals surface area contributed by atoms with Crippen LogP contribution in [0.4, 0.5) is 16.2 Å². The Morgan fingerprint density at radius 1 is 1.12 bits per heavy atom. The Morgan fingerprint density at radius 3 is 2.58 bits per heavy atom. The molecule has 0 unspecified atom stereocenters. The lowest BCUT2D eigenvalue weighted by molar-refractivity contribution is -0.0177. The van der Waals surface area contributed by atoms with Gasteiger partial charge in [0.15, 0.2) is 5.76 Å². The van der Waals surface area contributed by atoms with E-state index in [0.717, 1.165) is 24.8 Å². The molecule has 0 aliphatic carbocycles. The van der Waals surface area contributed by atoms with E-state index in [0.29, 0.717) is 64.9 Å². The summed E-state index contributed by atoms with van der Waals surface area (Å²) in [5, 5.41) is 20.7. The zero-order valence-corrected chi connectivity index (χ0v) is 30.0. The van der Waals surface area contributed by atoms with E-state index >= 15 is 0 Å². The van der Waals surface area contributed by atoms with Gasteiger partial charge in [-0.3, -0.25) is 9.69 Å². The van der Waals surface area contributed by atoms with Gasteiger partial charge in [0.25, 0.3) is 5.91 Å². The minimum absolute atomic E-state index is 0.0902. The first-order chi connectivity index (χ1) is 22.9. The van der Waals surface area contributed by atoms with E-state index in [1.807, 2.05) is 33.0 Å². The summed E-state index contributed by atoms with van der Waals surface area (Å²) in [6.07, 6.45) is 2.15. The van der Waals surface area contributed by atoms with Gasteiger partial charge >= 0.3 is 6.03 Å². The molecule has 0 spiro atoms. The van der Waals surface area contributed by atoms with Crippen molar-refractivity contribution in [3.05, 3.63) is 69.0 Å². The first-order valence-electron chi connectivity index (χ1n) is 16.3. The molecule has 3 N–H and O–H groups in total. The molecule has 3 amide bonds. The van der Waals surface area contributed by atoms with Crippen molar-refractivity contribution in [3.63, 3.8) is 0 Å². The van der Waals surface area contributed by atoms with Gasteiger partial charge in [-0.05, 0) is 89.9 Å². The number of benzene rings is 2. The van der Waals surface area contributed by atoms with Crippen LogP contribution in [-0.2, 0) is 11.3 Å². The summed E-state index contributed by atoms with van der Waals surface area (Å²) in [7, 11) is 2.02. The lowest BCUT2D eigenvalue weighted by Gasteiger charge is -2.36. The summed E-state index contributed by atoms with van der Waals surface area (Å²) in [6.45, 7) is 11.2. The van der Waals surface area contributed by atoms with Crippen molar-refractivity contribution in [1.82, 2.24) is 15.0 Å². The summed E-state index contributed by atoms with van der Waals surface area (Å²) < 4.78 is 17.9. The number of aliphatic hydroxyl groups is 1. The van der Waals surface area contributed by atoms with Crippen LogP contribution in [0, 0.1) is 19.8 Å². The van der Waals surface area contributed by atoms with Crippen molar-refractivity contribution in [2.75, 3.05) is 44.0 Å². The minimum Gasteiger partial charge on any atom is -0.490 e. The van der Waals surface area contributed by atoms with E-state index in [1.165, 1.54) is 0 Å². The zero-order valence-electron chi connectivity index (χ0n) is 28.5. The maximum atomic E-state index is 14.4. The number of hydrogen-bond donors (Lipinski definition) is 3. The third-order valence-corrected chi connectivity index (χ3v) is 9.25. The van der Waals surface area contributed by atoms with Gasteiger partial charge in [0, 0.05) is 37.8 Å². The first kappa shape index (κ1) is 37.5. The largest absolute Gasteiger partial charge is 0.490 e. The molecule has 0 saturated carbocycles. The van der Waals surface area contributed by atoms with E-state index in [2.05, 4.69) is 27.6 Å². The molecule has 3 aromatic rings. The van der Waals surface area contributed by atoms with Crippen LogP contribution in [0.15, 0.2) is 40.9 Å². The molecule has 4 rings (SSSR count). The summed E-state index contributed by atoms with van der Waals surface area (Å²) in [4.78, 5) is 31.1. The molecule has 0 fully saturated rings. The zero-order chi connectivity index (χ0) is 35.0. The Kier molecular flexibility index (Phi) is 13.5. The number of aryl methyl sites for hydroxylation is 2. The first-order valence-corrected chi connectivity index (χ1v) is 17.1. The Balaban J connectivity index is 1.59. The van der Waals surface area contributed by atoms with Gasteiger partial charge in [-0.2, -0.15) is 0 Å². The number of hydrogen-bond acceptors (Lipinski definition) is 8. The van der Waals surface area contributed by atoms with Crippen LogP contribution in [-0.4, -0.2) is 83.6 Å². The van der Waals surface area contributed by atoms with Crippen LogP contribution < -0.4 is 15.4 Å². The smallest absolute Gasteiger partial charge is 0.323 e. The average molecular weight is 705 g/mol. The van der Waals surface area contributed by atoms with Crippen molar-refractivity contribution < 1.29 is 28.7 Å². The molecule has 4 atom stereocenters. The van der Waals surface area contributed by atoms with Gasteiger partial charge in [0.05, 0.1) is 40.5 Å². The molecule has 0 saturated heterocycles. The summed E-state index contributed by atoms with van der Waals surface area (Å²) >= 11 is 12.4. The number of fused-ring (bicyclic) bond motifs is 1. The number of anilines is 2. The Morgan fingerprint density at radius 2 is 1.90 bits per heavy atom. The third kappa shape index (κ3) is 10.1. The Bertz CT molecular complexity index is 1530. The molecule has 0 radical (unpaired) electrons. The molecular formula is C35H47Cl2N5O6. The number of ether oxygens (including phenoxy) is 2. The lowest BCUT2D eigenvalue weighted by Crippen LogP contribution is -2.47. The molecule has 262 valence electrons. The number of carbonyl (C=O) groups excluding carboxylic acids is 2. The van der Waals surface area contributed by atoms with E-state index in [9.17, 15) is 14.7 Å². The topological polar surface area (TPSA) is 129 Å². The van der Waals surface area contributed by atoms with Crippen molar-refractivity contribution in [2.45, 2.75) is 78.7 Å². The molecule has 2 heterocycles. The van der Waals surface area contributed by atoms with Gasteiger partial charge in [0.2, 0.25) is 0 Å². The highest BCUT2D eigenvalue weighted by Gasteiger charge is 2.30. The fourth-order valence-corrected chi connectivity index (χ4v) is 6.04. The predicted octanol–water partition coefficient (Wildman–Crippen LogP) is 7.17. The molecule has 1 aromatic heterocycles. The summed E-state index contributed by atoms with van der Waals surface area (Å²) in [5.41, 5.74) is 2.75. The molecule has 1 aliphatic rings. The van der Waals surface area contributed by atoms with Crippen LogP contribution in [0.1, 0.15) is 67.4 Å². The molecular weight excluding hydrogens is 657 g/mol.